The lowest BCUT2D eigenvalue weighted by Gasteiger charge is -2.39. The molecule has 2 fully saturated rings. The molecule has 0 spiro atoms. The maximum atomic E-state index is 12.4. The number of carbonyl (C=O) groups is 1. The molecule has 0 saturated carbocycles. The highest BCUT2D eigenvalue weighted by atomic mass is 16.6. The van der Waals surface area contributed by atoms with Gasteiger partial charge in [-0.2, -0.15) is 0 Å². The van der Waals surface area contributed by atoms with Crippen molar-refractivity contribution in [3.8, 4) is 0 Å². The van der Waals surface area contributed by atoms with Crippen LogP contribution in [0, 0.1) is 5.92 Å². The molecule has 4 rings (SSSR count). The first-order valence-electron chi connectivity index (χ1n) is 11.5. The van der Waals surface area contributed by atoms with Gasteiger partial charge in [-0.05, 0) is 51.2 Å². The van der Waals surface area contributed by atoms with E-state index in [-0.39, 0.29) is 12.1 Å². The second kappa shape index (κ2) is 8.93. The van der Waals surface area contributed by atoms with Gasteiger partial charge in [-0.15, -0.1) is 0 Å². The highest BCUT2D eigenvalue weighted by Crippen LogP contribution is 2.22. The normalized spacial score (nSPS) is 22.3. The zero-order valence-electron chi connectivity index (χ0n) is 19.3. The van der Waals surface area contributed by atoms with Crippen LogP contribution in [0.25, 0.3) is 0 Å². The van der Waals surface area contributed by atoms with E-state index in [4.69, 9.17) is 4.74 Å². The Morgan fingerprint density at radius 1 is 1.19 bits per heavy atom. The molecule has 0 aromatic carbocycles. The maximum absolute atomic E-state index is 12.4. The summed E-state index contributed by atoms with van der Waals surface area (Å²) in [5, 5.41) is 3.47. The fourth-order valence-corrected chi connectivity index (χ4v) is 4.35. The molecule has 8 heteroatoms. The van der Waals surface area contributed by atoms with E-state index in [0.29, 0.717) is 26.2 Å². The molecule has 1 N–H and O–H groups in total. The Bertz CT molecular complexity index is 795. The van der Waals surface area contributed by atoms with Crippen LogP contribution in [0.4, 0.5) is 10.6 Å². The third-order valence-corrected chi connectivity index (χ3v) is 6.23. The molecule has 1 atom stereocenters. The molecule has 2 saturated heterocycles. The lowest BCUT2D eigenvalue weighted by Crippen LogP contribution is -2.57. The van der Waals surface area contributed by atoms with Gasteiger partial charge in [0.15, 0.2) is 5.96 Å². The first-order valence-corrected chi connectivity index (χ1v) is 11.5. The predicted octanol–water partition coefficient (Wildman–Crippen LogP) is 2.70. The van der Waals surface area contributed by atoms with E-state index in [0.717, 1.165) is 42.9 Å². The number of aromatic nitrogens is 1. The van der Waals surface area contributed by atoms with Crippen molar-refractivity contribution >= 4 is 17.9 Å². The van der Waals surface area contributed by atoms with Gasteiger partial charge in [-0.25, -0.2) is 9.78 Å². The van der Waals surface area contributed by atoms with E-state index in [1.807, 2.05) is 27.0 Å². The van der Waals surface area contributed by atoms with Gasteiger partial charge >= 0.3 is 6.09 Å². The van der Waals surface area contributed by atoms with Crippen molar-refractivity contribution in [3.63, 3.8) is 0 Å². The number of fused-ring (bicyclic) bond motifs is 1. The van der Waals surface area contributed by atoms with Gasteiger partial charge < -0.3 is 24.8 Å². The smallest absolute Gasteiger partial charge is 0.410 e. The van der Waals surface area contributed by atoms with Crippen molar-refractivity contribution < 1.29 is 9.53 Å². The molecule has 4 heterocycles. The monoisotopic (exact) mass is 428 g/mol. The summed E-state index contributed by atoms with van der Waals surface area (Å²) in [7, 11) is 0. The number of hydrogen-bond acceptors (Lipinski definition) is 7. The lowest BCUT2D eigenvalue weighted by molar-refractivity contribution is 0.0137. The van der Waals surface area contributed by atoms with Gasteiger partial charge in [0, 0.05) is 45.5 Å². The zero-order valence-corrected chi connectivity index (χ0v) is 19.3. The first kappa shape index (κ1) is 21.7. The van der Waals surface area contributed by atoms with Crippen molar-refractivity contribution in [2.24, 2.45) is 10.9 Å². The van der Waals surface area contributed by atoms with E-state index in [2.05, 4.69) is 44.1 Å². The van der Waals surface area contributed by atoms with Crippen molar-refractivity contribution in [3.05, 3.63) is 23.9 Å². The van der Waals surface area contributed by atoms with Crippen LogP contribution in [-0.4, -0.2) is 77.7 Å². The number of nitrogens with zero attached hydrogens (tertiary/aromatic N) is 5. The number of aliphatic imine (C=N–C) groups is 1. The van der Waals surface area contributed by atoms with Crippen LogP contribution in [0.15, 0.2) is 23.3 Å². The number of guanidine groups is 1. The molecule has 8 nitrogen and oxygen atoms in total. The quantitative estimate of drug-likeness (QED) is 0.798. The number of amides is 1. The molecule has 1 amide bonds. The van der Waals surface area contributed by atoms with E-state index in [1.165, 1.54) is 12.8 Å². The molecule has 1 unspecified atom stereocenters. The van der Waals surface area contributed by atoms with Gasteiger partial charge in [0.05, 0.1) is 12.6 Å². The van der Waals surface area contributed by atoms with Crippen molar-refractivity contribution in [1.82, 2.24) is 20.1 Å². The van der Waals surface area contributed by atoms with E-state index in [9.17, 15) is 4.79 Å². The number of piperazine rings is 1. The Hall–Kier alpha value is -2.51. The number of piperidine rings is 1. The van der Waals surface area contributed by atoms with Crippen LogP contribution in [0.1, 0.15) is 46.1 Å². The minimum absolute atomic E-state index is 0.214. The number of nitrogens with one attached hydrogen (secondary N) is 1. The molecule has 3 aliphatic rings. The van der Waals surface area contributed by atoms with Gasteiger partial charge in [-0.1, -0.05) is 13.0 Å². The highest BCUT2D eigenvalue weighted by Gasteiger charge is 2.36. The Morgan fingerprint density at radius 2 is 1.97 bits per heavy atom. The molecule has 170 valence electrons. The number of anilines is 1. The maximum Gasteiger partial charge on any atom is 0.410 e. The van der Waals surface area contributed by atoms with Gasteiger partial charge in [0.2, 0.25) is 0 Å². The largest absolute Gasteiger partial charge is 0.444 e. The molecule has 0 radical (unpaired) electrons. The van der Waals surface area contributed by atoms with E-state index < -0.39 is 5.60 Å². The Kier molecular flexibility index (Phi) is 6.25. The molecule has 0 aliphatic carbocycles. The summed E-state index contributed by atoms with van der Waals surface area (Å²) < 4.78 is 5.52. The van der Waals surface area contributed by atoms with Crippen LogP contribution in [-0.2, 0) is 11.3 Å². The summed E-state index contributed by atoms with van der Waals surface area (Å²) in [6.45, 7) is 13.7. The Labute approximate surface area is 185 Å². The SMILES string of the molecule is CC1CCN(c2ccc(CNC3=NCC4CN(C(=O)OC(C)(C)C)CCN34)cn2)CC1. The van der Waals surface area contributed by atoms with Crippen LogP contribution in [0.2, 0.25) is 0 Å². The van der Waals surface area contributed by atoms with Crippen LogP contribution < -0.4 is 10.2 Å². The highest BCUT2D eigenvalue weighted by molar-refractivity contribution is 5.82. The lowest BCUT2D eigenvalue weighted by atomic mass is 9.99. The predicted molar refractivity (Wildman–Crippen MR) is 122 cm³/mol. The third kappa shape index (κ3) is 5.40. The Balaban J connectivity index is 1.26. The molecular formula is C23H36N6O2. The summed E-state index contributed by atoms with van der Waals surface area (Å²) in [4.78, 5) is 28.2. The summed E-state index contributed by atoms with van der Waals surface area (Å²) >= 11 is 0. The van der Waals surface area contributed by atoms with Crippen LogP contribution in [0.5, 0.6) is 0 Å². The van der Waals surface area contributed by atoms with Crippen molar-refractivity contribution in [2.75, 3.05) is 44.2 Å². The minimum atomic E-state index is -0.469. The topological polar surface area (TPSA) is 73.3 Å². The molecule has 3 aliphatic heterocycles. The third-order valence-electron chi connectivity index (χ3n) is 6.23. The second-order valence-electron chi connectivity index (χ2n) is 9.99. The van der Waals surface area contributed by atoms with E-state index >= 15 is 0 Å². The summed E-state index contributed by atoms with van der Waals surface area (Å²) in [6.07, 6.45) is 4.22. The minimum Gasteiger partial charge on any atom is -0.444 e. The number of hydrogen-bond donors (Lipinski definition) is 1. The standard InChI is InChI=1S/C23H36N6O2/c1-17-7-9-27(10-8-17)20-6-5-18(13-24-20)14-25-21-26-15-19-16-28(11-12-29(19)21)22(30)31-23(2,3)4/h5-6,13,17,19H,7-12,14-16H2,1-4H3,(H,25,26). The number of rotatable bonds is 3. The fourth-order valence-electron chi connectivity index (χ4n) is 4.35. The van der Waals surface area contributed by atoms with E-state index in [1.54, 1.807) is 4.90 Å². The average Bonchev–Trinajstić information content (AvgIpc) is 3.14. The summed E-state index contributed by atoms with van der Waals surface area (Å²) in [5.41, 5.74) is 0.677. The molecule has 0 bridgehead atoms. The van der Waals surface area contributed by atoms with Gasteiger partial charge in [-0.3, -0.25) is 4.99 Å². The molecular weight excluding hydrogens is 392 g/mol. The molecule has 1 aromatic heterocycles. The fraction of sp³-hybridized carbons (Fsp3) is 0.696. The van der Waals surface area contributed by atoms with Crippen LogP contribution >= 0.6 is 0 Å². The summed E-state index contributed by atoms with van der Waals surface area (Å²) in [5.74, 6) is 2.82. The number of ether oxygens (including phenoxy) is 1. The average molecular weight is 429 g/mol. The van der Waals surface area contributed by atoms with Crippen molar-refractivity contribution in [1.29, 1.82) is 0 Å². The van der Waals surface area contributed by atoms with Gasteiger partial charge in [0.25, 0.3) is 0 Å². The number of carbonyl (C=O) groups excluding carboxylic acids is 1. The Morgan fingerprint density at radius 3 is 2.65 bits per heavy atom. The van der Waals surface area contributed by atoms with Crippen LogP contribution in [0.3, 0.4) is 0 Å². The summed E-state index contributed by atoms with van der Waals surface area (Å²) in [6, 6.07) is 4.50. The van der Waals surface area contributed by atoms with Gasteiger partial charge in [0.1, 0.15) is 11.4 Å². The van der Waals surface area contributed by atoms with Crippen molar-refractivity contribution in [2.45, 2.75) is 58.7 Å². The molecule has 31 heavy (non-hydrogen) atoms. The second-order valence-corrected chi connectivity index (χ2v) is 9.99. The molecule has 1 aromatic rings. The number of pyridine rings is 1. The first-order chi connectivity index (χ1) is 14.8. The zero-order chi connectivity index (χ0) is 22.0.